The number of aliphatic hydroxyl groups is 3. The van der Waals surface area contributed by atoms with Crippen molar-refractivity contribution in [2.75, 3.05) is 13.7 Å². The quantitative estimate of drug-likeness (QED) is 0.195. The lowest BCUT2D eigenvalue weighted by Crippen LogP contribution is -2.59. The lowest BCUT2D eigenvalue weighted by atomic mass is 9.92. The number of hydrogen-bond donors (Lipinski definition) is 4. The van der Waals surface area contributed by atoms with Gasteiger partial charge in [0.15, 0.2) is 0 Å². The molecule has 1 rings (SSSR count). The Labute approximate surface area is 131 Å². The minimum Gasteiger partial charge on any atom is -0.478 e. The van der Waals surface area contributed by atoms with Crippen LogP contribution in [0.15, 0.2) is 16.9 Å². The van der Waals surface area contributed by atoms with Crippen LogP contribution in [-0.2, 0) is 19.1 Å². The van der Waals surface area contributed by atoms with E-state index in [4.69, 9.17) is 15.4 Å². The Hall–Kier alpha value is -2.33. The SMILES string of the molecule is COC(=O)C1=C[C@@H](N=[N+]=[N-])[C@@H](NC(C)=O)[C@H]([C@H](O)[C@H](O)CO)O1. The van der Waals surface area contributed by atoms with E-state index in [2.05, 4.69) is 20.1 Å². The fraction of sp³-hybridized carbons (Fsp3) is 0.667. The van der Waals surface area contributed by atoms with Crippen molar-refractivity contribution in [2.45, 2.75) is 37.3 Å². The molecule has 23 heavy (non-hydrogen) atoms. The Morgan fingerprint density at radius 1 is 1.57 bits per heavy atom. The molecule has 1 amide bonds. The fourth-order valence-corrected chi connectivity index (χ4v) is 2.11. The van der Waals surface area contributed by atoms with Crippen molar-refractivity contribution in [1.82, 2.24) is 5.32 Å². The topological polar surface area (TPSA) is 174 Å². The van der Waals surface area contributed by atoms with Crippen molar-refractivity contribution in [3.05, 3.63) is 22.3 Å². The third-order valence-corrected chi connectivity index (χ3v) is 3.17. The average Bonchev–Trinajstić information content (AvgIpc) is 2.53. The zero-order valence-electron chi connectivity index (χ0n) is 12.5. The number of nitrogens with zero attached hydrogens (tertiary/aromatic N) is 3. The van der Waals surface area contributed by atoms with Gasteiger partial charge in [-0.15, -0.1) is 0 Å². The number of nitrogens with one attached hydrogen (secondary N) is 1. The summed E-state index contributed by atoms with van der Waals surface area (Å²) in [7, 11) is 1.10. The predicted molar refractivity (Wildman–Crippen MR) is 74.6 cm³/mol. The lowest BCUT2D eigenvalue weighted by molar-refractivity contribution is -0.148. The number of methoxy groups -OCH3 is 1. The first kappa shape index (κ1) is 18.7. The maximum Gasteiger partial charge on any atom is 0.372 e. The minimum absolute atomic E-state index is 0.347. The molecule has 0 aromatic carbocycles. The Morgan fingerprint density at radius 2 is 2.22 bits per heavy atom. The number of amides is 1. The van der Waals surface area contributed by atoms with Gasteiger partial charge in [-0.2, -0.15) is 0 Å². The summed E-state index contributed by atoms with van der Waals surface area (Å²) >= 11 is 0. The molecule has 0 unspecified atom stereocenters. The first-order chi connectivity index (χ1) is 10.8. The van der Waals surface area contributed by atoms with Crippen molar-refractivity contribution in [1.29, 1.82) is 0 Å². The number of carbonyl (C=O) groups is 2. The molecule has 0 aromatic heterocycles. The van der Waals surface area contributed by atoms with Gasteiger partial charge in [0.05, 0.1) is 25.8 Å². The van der Waals surface area contributed by atoms with Crippen LogP contribution < -0.4 is 5.32 Å². The van der Waals surface area contributed by atoms with Crippen molar-refractivity contribution >= 4 is 11.9 Å². The van der Waals surface area contributed by atoms with Gasteiger partial charge in [-0.1, -0.05) is 5.11 Å². The molecule has 0 saturated heterocycles. The molecule has 5 atom stereocenters. The van der Waals surface area contributed by atoms with E-state index in [9.17, 15) is 19.8 Å². The normalized spacial score (nSPS) is 26.0. The number of aliphatic hydroxyl groups excluding tert-OH is 3. The van der Waals surface area contributed by atoms with Crippen LogP contribution in [0.25, 0.3) is 10.4 Å². The minimum atomic E-state index is -1.67. The van der Waals surface area contributed by atoms with Crippen LogP contribution >= 0.6 is 0 Å². The second-order valence-corrected chi connectivity index (χ2v) is 4.77. The lowest BCUT2D eigenvalue weighted by Gasteiger charge is -2.38. The van der Waals surface area contributed by atoms with Gasteiger partial charge >= 0.3 is 5.97 Å². The third-order valence-electron chi connectivity index (χ3n) is 3.17. The van der Waals surface area contributed by atoms with Crippen molar-refractivity contribution in [3.63, 3.8) is 0 Å². The van der Waals surface area contributed by atoms with Crippen LogP contribution in [-0.4, -0.2) is 71.3 Å². The van der Waals surface area contributed by atoms with E-state index in [-0.39, 0.29) is 5.76 Å². The van der Waals surface area contributed by atoms with Gasteiger partial charge in [-0.05, 0) is 11.6 Å². The standard InChI is InChI=1S/C12H18N4O7/c1-5(18)14-9-6(15-16-13)3-8(12(21)22-2)23-11(9)10(20)7(19)4-17/h3,6-7,9-11,17,19-20H,4H2,1-2H3,(H,14,18)/t6-,7-,9-,10-,11-/m1/s1. The van der Waals surface area contributed by atoms with E-state index in [0.717, 1.165) is 13.2 Å². The van der Waals surface area contributed by atoms with Gasteiger partial charge in [-0.25, -0.2) is 4.79 Å². The molecular formula is C12H18N4O7. The summed E-state index contributed by atoms with van der Waals surface area (Å²) in [5.74, 6) is -1.75. The summed E-state index contributed by atoms with van der Waals surface area (Å²) in [5.41, 5.74) is 8.64. The van der Waals surface area contributed by atoms with Gasteiger partial charge < -0.3 is 30.1 Å². The molecule has 1 aliphatic heterocycles. The second kappa shape index (κ2) is 8.34. The van der Waals surface area contributed by atoms with Gasteiger partial charge in [0.1, 0.15) is 18.3 Å². The molecule has 128 valence electrons. The molecule has 1 aliphatic rings. The predicted octanol–water partition coefficient (Wildman–Crippen LogP) is -1.66. The molecule has 0 spiro atoms. The Kier molecular flexibility index (Phi) is 6.79. The molecular weight excluding hydrogens is 312 g/mol. The number of ether oxygens (including phenoxy) is 2. The van der Waals surface area contributed by atoms with Crippen molar-refractivity contribution < 1.29 is 34.4 Å². The van der Waals surface area contributed by atoms with E-state index in [1.165, 1.54) is 6.92 Å². The van der Waals surface area contributed by atoms with E-state index in [0.29, 0.717) is 0 Å². The van der Waals surface area contributed by atoms with Crippen LogP contribution in [0.5, 0.6) is 0 Å². The summed E-state index contributed by atoms with van der Waals surface area (Å²) < 4.78 is 9.78. The average molecular weight is 330 g/mol. The number of hydrogen-bond acceptors (Lipinski definition) is 8. The zero-order valence-corrected chi connectivity index (χ0v) is 12.5. The molecule has 0 fully saturated rings. The van der Waals surface area contributed by atoms with Gasteiger partial charge in [-0.3, -0.25) is 4.79 Å². The molecule has 4 N–H and O–H groups in total. The fourth-order valence-electron chi connectivity index (χ4n) is 2.11. The van der Waals surface area contributed by atoms with Gasteiger partial charge in [0.25, 0.3) is 0 Å². The highest BCUT2D eigenvalue weighted by Gasteiger charge is 2.43. The van der Waals surface area contributed by atoms with Crippen molar-refractivity contribution in [3.8, 4) is 0 Å². The Balaban J connectivity index is 3.26. The summed E-state index contributed by atoms with van der Waals surface area (Å²) in [4.78, 5) is 25.6. The zero-order chi connectivity index (χ0) is 17.6. The summed E-state index contributed by atoms with van der Waals surface area (Å²) in [6.45, 7) is 0.413. The largest absolute Gasteiger partial charge is 0.478 e. The molecule has 0 aromatic rings. The third kappa shape index (κ3) is 4.57. The van der Waals surface area contributed by atoms with Crippen LogP contribution in [0.3, 0.4) is 0 Å². The summed E-state index contributed by atoms with van der Waals surface area (Å²) in [6, 6.07) is -2.13. The number of azide groups is 1. The van der Waals surface area contributed by atoms with E-state index < -0.39 is 48.9 Å². The number of rotatable bonds is 6. The van der Waals surface area contributed by atoms with Gasteiger partial charge in [0.2, 0.25) is 11.7 Å². The van der Waals surface area contributed by atoms with Crippen LogP contribution in [0, 0.1) is 0 Å². The van der Waals surface area contributed by atoms with Gasteiger partial charge in [0, 0.05) is 11.8 Å². The van der Waals surface area contributed by atoms with Crippen molar-refractivity contribution in [2.24, 2.45) is 5.11 Å². The molecule has 11 heteroatoms. The number of carbonyl (C=O) groups excluding carboxylic acids is 2. The first-order valence-corrected chi connectivity index (χ1v) is 6.60. The molecule has 0 saturated carbocycles. The van der Waals surface area contributed by atoms with Crippen LogP contribution in [0.2, 0.25) is 0 Å². The maximum atomic E-state index is 11.6. The molecule has 0 bridgehead atoms. The summed E-state index contributed by atoms with van der Waals surface area (Å²) in [5, 5.41) is 34.5. The number of esters is 1. The Morgan fingerprint density at radius 3 is 2.70 bits per heavy atom. The highest BCUT2D eigenvalue weighted by Crippen LogP contribution is 2.25. The van der Waals surface area contributed by atoms with E-state index >= 15 is 0 Å². The highest BCUT2D eigenvalue weighted by atomic mass is 16.6. The van der Waals surface area contributed by atoms with E-state index in [1.807, 2.05) is 0 Å². The Bertz CT molecular complexity index is 532. The molecule has 11 nitrogen and oxygen atoms in total. The molecule has 0 radical (unpaired) electrons. The molecule has 1 heterocycles. The first-order valence-electron chi connectivity index (χ1n) is 6.60. The second-order valence-electron chi connectivity index (χ2n) is 4.77. The van der Waals surface area contributed by atoms with Crippen LogP contribution in [0.4, 0.5) is 0 Å². The monoisotopic (exact) mass is 330 g/mol. The highest BCUT2D eigenvalue weighted by molar-refractivity contribution is 5.86. The maximum absolute atomic E-state index is 11.6. The summed E-state index contributed by atoms with van der Waals surface area (Å²) in [6.07, 6.45) is -3.47. The molecule has 0 aliphatic carbocycles. The van der Waals surface area contributed by atoms with E-state index in [1.54, 1.807) is 0 Å². The smallest absolute Gasteiger partial charge is 0.372 e. The van der Waals surface area contributed by atoms with Crippen LogP contribution in [0.1, 0.15) is 6.92 Å².